The standard InChI is InChI=1S/C11H11BrF2O/c12-6-2-1-3-11(15)8-4-5-9(13)10(14)7-8/h4-5,7H,1-3,6H2. The van der Waals surface area contributed by atoms with Gasteiger partial charge in [-0.1, -0.05) is 15.9 Å². The van der Waals surface area contributed by atoms with Crippen LogP contribution in [0.25, 0.3) is 0 Å². The minimum atomic E-state index is -0.971. The first-order chi connectivity index (χ1) is 7.15. The third-order valence-corrected chi connectivity index (χ3v) is 2.59. The molecule has 0 aromatic heterocycles. The van der Waals surface area contributed by atoms with Crippen LogP contribution in [0.15, 0.2) is 18.2 Å². The lowest BCUT2D eigenvalue weighted by molar-refractivity contribution is 0.0979. The zero-order valence-corrected chi connectivity index (χ0v) is 9.69. The molecule has 82 valence electrons. The summed E-state index contributed by atoms with van der Waals surface area (Å²) in [5, 5.41) is 0.845. The molecule has 0 aliphatic heterocycles. The molecule has 0 saturated heterocycles. The van der Waals surface area contributed by atoms with Crippen molar-refractivity contribution in [3.63, 3.8) is 0 Å². The fraction of sp³-hybridized carbons (Fsp3) is 0.364. The molecule has 0 saturated carbocycles. The topological polar surface area (TPSA) is 17.1 Å². The van der Waals surface area contributed by atoms with Crippen LogP contribution in [0.4, 0.5) is 8.78 Å². The monoisotopic (exact) mass is 276 g/mol. The molecule has 1 aromatic rings. The Morgan fingerprint density at radius 2 is 1.93 bits per heavy atom. The summed E-state index contributed by atoms with van der Waals surface area (Å²) in [6, 6.07) is 3.24. The fourth-order valence-corrected chi connectivity index (χ4v) is 1.59. The van der Waals surface area contributed by atoms with E-state index in [1.807, 2.05) is 0 Å². The summed E-state index contributed by atoms with van der Waals surface area (Å²) in [6.45, 7) is 0. The van der Waals surface area contributed by atoms with E-state index >= 15 is 0 Å². The lowest BCUT2D eigenvalue weighted by atomic mass is 10.1. The molecule has 0 amide bonds. The quantitative estimate of drug-likeness (QED) is 0.455. The summed E-state index contributed by atoms with van der Waals surface area (Å²) < 4.78 is 25.4. The van der Waals surface area contributed by atoms with E-state index in [0.717, 1.165) is 30.3 Å². The fourth-order valence-electron chi connectivity index (χ4n) is 1.19. The molecule has 0 unspecified atom stereocenters. The van der Waals surface area contributed by atoms with Crippen molar-refractivity contribution in [2.45, 2.75) is 19.3 Å². The van der Waals surface area contributed by atoms with Gasteiger partial charge in [0.05, 0.1) is 0 Å². The number of ketones is 1. The van der Waals surface area contributed by atoms with E-state index in [-0.39, 0.29) is 11.3 Å². The lowest BCUT2D eigenvalue weighted by Gasteiger charge is -2.00. The predicted molar refractivity (Wildman–Crippen MR) is 58.3 cm³/mol. The van der Waals surface area contributed by atoms with Gasteiger partial charge >= 0.3 is 0 Å². The number of rotatable bonds is 5. The highest BCUT2D eigenvalue weighted by Gasteiger charge is 2.08. The van der Waals surface area contributed by atoms with Gasteiger partial charge in [0.15, 0.2) is 17.4 Å². The average molecular weight is 277 g/mol. The van der Waals surface area contributed by atoms with Crippen LogP contribution in [0, 0.1) is 11.6 Å². The minimum absolute atomic E-state index is 0.144. The van der Waals surface area contributed by atoms with Gasteiger partial charge in [0.25, 0.3) is 0 Å². The Kier molecular flexibility index (Phi) is 4.88. The lowest BCUT2D eigenvalue weighted by Crippen LogP contribution is -2.00. The van der Waals surface area contributed by atoms with E-state index in [0.29, 0.717) is 6.42 Å². The number of alkyl halides is 1. The summed E-state index contributed by atoms with van der Waals surface area (Å²) >= 11 is 3.26. The normalized spacial score (nSPS) is 10.3. The van der Waals surface area contributed by atoms with E-state index in [9.17, 15) is 13.6 Å². The zero-order valence-electron chi connectivity index (χ0n) is 8.10. The SMILES string of the molecule is O=C(CCCCBr)c1ccc(F)c(F)c1. The Morgan fingerprint density at radius 3 is 2.53 bits per heavy atom. The van der Waals surface area contributed by atoms with Crippen molar-refractivity contribution in [1.82, 2.24) is 0 Å². The van der Waals surface area contributed by atoms with Gasteiger partial charge in [0.2, 0.25) is 0 Å². The summed E-state index contributed by atoms with van der Waals surface area (Å²) in [4.78, 5) is 11.5. The molecule has 0 atom stereocenters. The van der Waals surface area contributed by atoms with Crippen LogP contribution in [0.5, 0.6) is 0 Å². The molecule has 0 aliphatic rings. The largest absolute Gasteiger partial charge is 0.294 e. The van der Waals surface area contributed by atoms with Crippen molar-refractivity contribution in [3.05, 3.63) is 35.4 Å². The van der Waals surface area contributed by atoms with Crippen LogP contribution >= 0.6 is 15.9 Å². The van der Waals surface area contributed by atoms with Gasteiger partial charge < -0.3 is 0 Å². The Morgan fingerprint density at radius 1 is 1.20 bits per heavy atom. The maximum Gasteiger partial charge on any atom is 0.162 e. The number of hydrogen-bond acceptors (Lipinski definition) is 1. The Bertz CT molecular complexity index is 352. The van der Waals surface area contributed by atoms with E-state index < -0.39 is 11.6 Å². The van der Waals surface area contributed by atoms with Crippen LogP contribution in [-0.4, -0.2) is 11.1 Å². The number of hydrogen-bond donors (Lipinski definition) is 0. The van der Waals surface area contributed by atoms with Crippen molar-refractivity contribution in [3.8, 4) is 0 Å². The summed E-state index contributed by atoms with van der Waals surface area (Å²) in [7, 11) is 0. The zero-order chi connectivity index (χ0) is 11.3. The molecule has 1 aromatic carbocycles. The van der Waals surface area contributed by atoms with E-state index in [2.05, 4.69) is 15.9 Å². The summed E-state index contributed by atoms with van der Waals surface area (Å²) in [5.74, 6) is -2.04. The van der Waals surface area contributed by atoms with Gasteiger partial charge in [-0.2, -0.15) is 0 Å². The van der Waals surface area contributed by atoms with Crippen molar-refractivity contribution in [1.29, 1.82) is 0 Å². The van der Waals surface area contributed by atoms with Gasteiger partial charge in [0, 0.05) is 17.3 Å². The first-order valence-corrected chi connectivity index (χ1v) is 5.81. The highest BCUT2D eigenvalue weighted by Crippen LogP contribution is 2.12. The molecule has 0 spiro atoms. The highest BCUT2D eigenvalue weighted by molar-refractivity contribution is 9.09. The van der Waals surface area contributed by atoms with Crippen molar-refractivity contribution in [2.24, 2.45) is 0 Å². The van der Waals surface area contributed by atoms with E-state index in [1.54, 1.807) is 0 Å². The van der Waals surface area contributed by atoms with Gasteiger partial charge in [-0.15, -0.1) is 0 Å². The van der Waals surface area contributed by atoms with Crippen LogP contribution in [0.3, 0.4) is 0 Å². The van der Waals surface area contributed by atoms with Gasteiger partial charge in [-0.05, 0) is 31.0 Å². The maximum absolute atomic E-state index is 12.8. The number of carbonyl (C=O) groups excluding carboxylic acids is 1. The molecule has 0 fully saturated rings. The third-order valence-electron chi connectivity index (χ3n) is 2.03. The van der Waals surface area contributed by atoms with Crippen molar-refractivity contribution >= 4 is 21.7 Å². The highest BCUT2D eigenvalue weighted by atomic mass is 79.9. The molecule has 4 heteroatoms. The van der Waals surface area contributed by atoms with Crippen LogP contribution in [-0.2, 0) is 0 Å². The van der Waals surface area contributed by atoms with E-state index in [1.165, 1.54) is 6.07 Å². The number of Topliss-reactive ketones (excluding diaryl/α,β-unsaturated/α-hetero) is 1. The van der Waals surface area contributed by atoms with Crippen molar-refractivity contribution in [2.75, 3.05) is 5.33 Å². The van der Waals surface area contributed by atoms with Crippen LogP contribution in [0.2, 0.25) is 0 Å². The second kappa shape index (κ2) is 5.95. The average Bonchev–Trinajstić information content (AvgIpc) is 2.22. The summed E-state index contributed by atoms with van der Waals surface area (Å²) in [5.41, 5.74) is 0.239. The molecule has 15 heavy (non-hydrogen) atoms. The molecular weight excluding hydrogens is 266 g/mol. The first-order valence-electron chi connectivity index (χ1n) is 4.69. The maximum atomic E-state index is 12.8. The van der Waals surface area contributed by atoms with Gasteiger partial charge in [0.1, 0.15) is 0 Å². The second-order valence-corrected chi connectivity index (χ2v) is 3.99. The molecular formula is C11H11BrF2O. The van der Waals surface area contributed by atoms with Crippen LogP contribution in [0.1, 0.15) is 29.6 Å². The summed E-state index contributed by atoms with van der Waals surface area (Å²) in [6.07, 6.45) is 2.02. The Hall–Kier alpha value is -0.770. The molecule has 0 aliphatic carbocycles. The molecule has 1 nitrogen and oxygen atoms in total. The predicted octanol–water partition coefficient (Wildman–Crippen LogP) is 3.71. The second-order valence-electron chi connectivity index (χ2n) is 3.20. The van der Waals surface area contributed by atoms with Crippen molar-refractivity contribution < 1.29 is 13.6 Å². The number of halogens is 3. The number of carbonyl (C=O) groups is 1. The number of benzene rings is 1. The number of unbranched alkanes of at least 4 members (excludes halogenated alkanes) is 1. The minimum Gasteiger partial charge on any atom is -0.294 e. The molecule has 1 rings (SSSR count). The third kappa shape index (κ3) is 3.70. The van der Waals surface area contributed by atoms with Gasteiger partial charge in [-0.3, -0.25) is 4.79 Å². The molecule has 0 N–H and O–H groups in total. The van der Waals surface area contributed by atoms with Crippen LogP contribution < -0.4 is 0 Å². The molecule has 0 heterocycles. The Labute approximate surface area is 95.6 Å². The molecule has 0 radical (unpaired) electrons. The molecule has 0 bridgehead atoms. The van der Waals surface area contributed by atoms with E-state index in [4.69, 9.17) is 0 Å². The smallest absolute Gasteiger partial charge is 0.162 e. The first kappa shape index (κ1) is 12.3. The van der Waals surface area contributed by atoms with Gasteiger partial charge in [-0.25, -0.2) is 8.78 Å². The Balaban J connectivity index is 2.62.